The number of sulfonamides is 1. The molecule has 1 fully saturated rings. The largest absolute Gasteiger partial charge is 0.495 e. The van der Waals surface area contributed by atoms with Crippen LogP contribution in [0.1, 0.15) is 43.0 Å². The van der Waals surface area contributed by atoms with E-state index in [-0.39, 0.29) is 33.2 Å². The van der Waals surface area contributed by atoms with Gasteiger partial charge in [-0.25, -0.2) is 13.1 Å². The van der Waals surface area contributed by atoms with Crippen LogP contribution in [-0.4, -0.2) is 32.5 Å². The molecule has 0 radical (unpaired) electrons. The van der Waals surface area contributed by atoms with Crippen LogP contribution in [0.5, 0.6) is 5.75 Å². The summed E-state index contributed by atoms with van der Waals surface area (Å²) in [7, 11) is -2.47. The smallest absolute Gasteiger partial charge is 0.255 e. The van der Waals surface area contributed by atoms with Crippen LogP contribution in [0.4, 0.5) is 5.69 Å². The third-order valence-electron chi connectivity index (χ3n) is 5.15. The van der Waals surface area contributed by atoms with Crippen LogP contribution in [0.15, 0.2) is 41.6 Å². The van der Waals surface area contributed by atoms with Gasteiger partial charge in [-0.15, -0.1) is 0 Å². The van der Waals surface area contributed by atoms with E-state index in [1.54, 1.807) is 6.07 Å². The molecule has 0 saturated heterocycles. The minimum atomic E-state index is -3.86. The Morgan fingerprint density at radius 2 is 2.00 bits per heavy atom. The molecule has 0 bridgehead atoms. The van der Waals surface area contributed by atoms with Gasteiger partial charge in [-0.05, 0) is 43.0 Å². The number of ether oxygens (including phenoxy) is 1. The average Bonchev–Trinajstić information content (AvgIpc) is 2.70. The number of hydrogen-bond acceptors (Lipinski definition) is 5. The van der Waals surface area contributed by atoms with Crippen LogP contribution in [0.3, 0.4) is 0 Å². The van der Waals surface area contributed by atoms with Crippen LogP contribution < -0.4 is 14.8 Å². The fourth-order valence-electron chi connectivity index (χ4n) is 3.45. The van der Waals surface area contributed by atoms with E-state index in [9.17, 15) is 13.2 Å². The molecule has 2 N–H and O–H groups in total. The van der Waals surface area contributed by atoms with Gasteiger partial charge in [0.05, 0.1) is 17.8 Å². The molecule has 1 aromatic heterocycles. The number of rotatable bonds is 6. The monoisotopic (exact) mass is 437 g/mol. The first-order valence-corrected chi connectivity index (χ1v) is 11.3. The quantitative estimate of drug-likeness (QED) is 0.715. The Balaban J connectivity index is 1.88. The van der Waals surface area contributed by atoms with Crippen molar-refractivity contribution in [3.8, 4) is 5.75 Å². The number of methoxy groups -OCH3 is 1. The molecule has 1 saturated carbocycles. The highest BCUT2D eigenvalue weighted by Crippen LogP contribution is 2.29. The number of halogens is 1. The van der Waals surface area contributed by atoms with E-state index >= 15 is 0 Å². The highest BCUT2D eigenvalue weighted by Gasteiger charge is 2.29. The van der Waals surface area contributed by atoms with Crippen molar-refractivity contribution >= 4 is 33.2 Å². The lowest BCUT2D eigenvalue weighted by Crippen LogP contribution is -2.41. The first kappa shape index (κ1) is 21.5. The van der Waals surface area contributed by atoms with Gasteiger partial charge in [-0.2, -0.15) is 0 Å². The van der Waals surface area contributed by atoms with E-state index in [1.807, 2.05) is 6.92 Å². The summed E-state index contributed by atoms with van der Waals surface area (Å²) in [5, 5.41) is 2.95. The lowest BCUT2D eigenvalue weighted by atomic mass is 9.87. The number of hydrogen-bond donors (Lipinski definition) is 2. The summed E-state index contributed by atoms with van der Waals surface area (Å²) in [4.78, 5) is 16.4. The molecule has 1 aliphatic carbocycles. The number of carbonyl (C=O) groups is 1. The molecule has 9 heteroatoms. The van der Waals surface area contributed by atoms with E-state index in [0.29, 0.717) is 5.69 Å². The summed E-state index contributed by atoms with van der Waals surface area (Å²) in [6.07, 6.45) is 6.79. The van der Waals surface area contributed by atoms with E-state index in [0.717, 1.165) is 25.7 Å². The van der Waals surface area contributed by atoms with Gasteiger partial charge in [0.25, 0.3) is 5.91 Å². The Kier molecular flexibility index (Phi) is 6.77. The number of aromatic nitrogens is 1. The van der Waals surface area contributed by atoms with Gasteiger partial charge in [0, 0.05) is 24.0 Å². The fraction of sp³-hybridized carbons (Fsp3) is 0.400. The Bertz CT molecular complexity index is 997. The van der Waals surface area contributed by atoms with Gasteiger partial charge in [0.1, 0.15) is 10.6 Å². The molecule has 3 rings (SSSR count). The predicted molar refractivity (Wildman–Crippen MR) is 112 cm³/mol. The van der Waals surface area contributed by atoms with Gasteiger partial charge < -0.3 is 10.1 Å². The van der Waals surface area contributed by atoms with Crippen molar-refractivity contribution in [2.45, 2.75) is 43.5 Å². The van der Waals surface area contributed by atoms with E-state index < -0.39 is 15.9 Å². The van der Waals surface area contributed by atoms with E-state index in [4.69, 9.17) is 16.3 Å². The zero-order valence-electron chi connectivity index (χ0n) is 16.3. The van der Waals surface area contributed by atoms with Crippen LogP contribution >= 0.6 is 11.6 Å². The molecule has 29 heavy (non-hydrogen) atoms. The minimum Gasteiger partial charge on any atom is -0.495 e. The number of nitrogens with zero attached hydrogens (tertiary/aromatic N) is 1. The maximum atomic E-state index is 13.1. The van der Waals surface area contributed by atoms with E-state index in [2.05, 4.69) is 15.0 Å². The lowest BCUT2D eigenvalue weighted by molar-refractivity contribution is 0.102. The molecule has 2 aromatic rings. The zero-order chi connectivity index (χ0) is 21.0. The topological polar surface area (TPSA) is 97.4 Å². The van der Waals surface area contributed by atoms with Crippen molar-refractivity contribution in [2.24, 2.45) is 5.92 Å². The first-order valence-electron chi connectivity index (χ1n) is 9.43. The van der Waals surface area contributed by atoms with Crippen LogP contribution in [-0.2, 0) is 10.0 Å². The predicted octanol–water partition coefficient (Wildman–Crippen LogP) is 3.85. The van der Waals surface area contributed by atoms with Crippen molar-refractivity contribution in [2.75, 3.05) is 12.4 Å². The second kappa shape index (κ2) is 9.11. The number of carbonyl (C=O) groups excluding carboxylic acids is 1. The Labute approximate surface area is 175 Å². The van der Waals surface area contributed by atoms with Crippen LogP contribution in [0.2, 0.25) is 5.02 Å². The van der Waals surface area contributed by atoms with Gasteiger partial charge in [0.15, 0.2) is 0 Å². The fourth-order valence-corrected chi connectivity index (χ4v) is 5.19. The molecule has 156 valence electrons. The second-order valence-electron chi connectivity index (χ2n) is 7.16. The summed E-state index contributed by atoms with van der Waals surface area (Å²) in [6.45, 7) is 2.05. The van der Waals surface area contributed by atoms with Crippen LogP contribution in [0, 0.1) is 5.92 Å². The van der Waals surface area contributed by atoms with Crippen LogP contribution in [0.25, 0.3) is 0 Å². The number of amides is 1. The summed E-state index contributed by atoms with van der Waals surface area (Å²) >= 11 is 6.03. The number of nitrogens with one attached hydrogen (secondary N) is 2. The normalized spacial score (nSPS) is 19.6. The molecule has 7 nitrogen and oxygen atoms in total. The number of anilines is 1. The highest BCUT2D eigenvalue weighted by atomic mass is 35.5. The molecule has 1 aliphatic rings. The number of benzene rings is 1. The average molecular weight is 438 g/mol. The van der Waals surface area contributed by atoms with Crippen molar-refractivity contribution in [3.63, 3.8) is 0 Å². The molecule has 0 unspecified atom stereocenters. The molecule has 0 spiro atoms. The summed E-state index contributed by atoms with van der Waals surface area (Å²) < 4.78 is 34.2. The Hall–Kier alpha value is -2.16. The third kappa shape index (κ3) is 5.07. The number of pyridine rings is 1. The summed E-state index contributed by atoms with van der Waals surface area (Å²) in [6, 6.07) is 5.73. The zero-order valence-corrected chi connectivity index (χ0v) is 17.9. The molecular weight excluding hydrogens is 414 g/mol. The Morgan fingerprint density at radius 3 is 2.69 bits per heavy atom. The van der Waals surface area contributed by atoms with Crippen molar-refractivity contribution in [1.82, 2.24) is 9.71 Å². The standard InChI is InChI=1S/C20H24ClN3O4S/c1-13-5-3-4-6-16(13)24-29(26,27)19-11-14(7-8-18(19)28-2)20(25)23-17-9-10-22-12-15(17)21/h7-13,16,24H,3-6H2,1-2H3,(H,22,23,25)/t13-,16+/m1/s1. The van der Waals surface area contributed by atoms with Gasteiger partial charge in [-0.1, -0.05) is 31.4 Å². The molecule has 0 aliphatic heterocycles. The third-order valence-corrected chi connectivity index (χ3v) is 6.97. The van der Waals surface area contributed by atoms with Gasteiger partial charge >= 0.3 is 0 Å². The van der Waals surface area contributed by atoms with Crippen molar-refractivity contribution in [1.29, 1.82) is 0 Å². The van der Waals surface area contributed by atoms with E-state index in [1.165, 1.54) is 37.7 Å². The minimum absolute atomic E-state index is 0.0637. The van der Waals surface area contributed by atoms with Gasteiger partial charge in [-0.3, -0.25) is 9.78 Å². The molecule has 1 aromatic carbocycles. The van der Waals surface area contributed by atoms with Crippen molar-refractivity contribution < 1.29 is 17.9 Å². The highest BCUT2D eigenvalue weighted by molar-refractivity contribution is 7.89. The van der Waals surface area contributed by atoms with Gasteiger partial charge in [0.2, 0.25) is 10.0 Å². The lowest BCUT2D eigenvalue weighted by Gasteiger charge is -2.29. The molecule has 1 heterocycles. The molecule has 1 amide bonds. The van der Waals surface area contributed by atoms with Crippen molar-refractivity contribution in [3.05, 3.63) is 47.2 Å². The summed E-state index contributed by atoms with van der Waals surface area (Å²) in [5.41, 5.74) is 0.566. The maximum absolute atomic E-state index is 13.1. The SMILES string of the molecule is COc1ccc(C(=O)Nc2ccncc2Cl)cc1S(=O)(=O)N[C@H]1CCCC[C@H]1C. The Morgan fingerprint density at radius 1 is 1.24 bits per heavy atom. The first-order chi connectivity index (χ1) is 13.8. The summed E-state index contributed by atoms with van der Waals surface area (Å²) in [5.74, 6) is -0.0486. The maximum Gasteiger partial charge on any atom is 0.255 e. The molecular formula is C20H24ClN3O4S. The second-order valence-corrected chi connectivity index (χ2v) is 9.25. The molecule has 2 atom stereocenters.